The largest absolute Gasteiger partial charge is 0.508 e. The minimum atomic E-state index is -0.581. The molecule has 0 spiro atoms. The number of ether oxygens (including phenoxy) is 2. The van der Waals surface area contributed by atoms with E-state index in [2.05, 4.69) is 0 Å². The lowest BCUT2D eigenvalue weighted by atomic mass is 10.2. The van der Waals surface area contributed by atoms with Crippen LogP contribution in [0.5, 0.6) is 17.2 Å². The second-order valence-corrected chi connectivity index (χ2v) is 5.49. The first kappa shape index (κ1) is 17.7. The minimum absolute atomic E-state index is 0.0525. The third-order valence-electron chi connectivity index (χ3n) is 3.60. The van der Waals surface area contributed by atoms with Crippen LogP contribution >= 0.6 is 0 Å². The molecule has 6 nitrogen and oxygen atoms in total. The van der Waals surface area contributed by atoms with Gasteiger partial charge in [0.1, 0.15) is 17.2 Å². The Balaban J connectivity index is 1.63. The number of nitrogens with zero attached hydrogens (tertiary/aromatic N) is 1. The number of hydrogen-bond acceptors (Lipinski definition) is 6. The Kier molecular flexibility index (Phi) is 5.15. The van der Waals surface area contributed by atoms with Crippen LogP contribution in [0.25, 0.3) is 0 Å². The van der Waals surface area contributed by atoms with Crippen molar-refractivity contribution in [2.45, 2.75) is 0 Å². The Bertz CT molecular complexity index is 1000. The van der Waals surface area contributed by atoms with E-state index in [0.29, 0.717) is 11.3 Å². The van der Waals surface area contributed by atoms with Crippen molar-refractivity contribution in [1.82, 2.24) is 0 Å². The van der Waals surface area contributed by atoms with Crippen LogP contribution in [-0.4, -0.2) is 17.0 Å². The molecule has 3 aromatic rings. The zero-order valence-electron chi connectivity index (χ0n) is 14.0. The average Bonchev–Trinajstić information content (AvgIpc) is 2.69. The fraction of sp³-hybridized carbons (Fsp3) is 0. The van der Waals surface area contributed by atoms with Crippen molar-refractivity contribution < 1.29 is 24.2 Å². The summed E-state index contributed by atoms with van der Waals surface area (Å²) in [5.41, 5.74) is 1.04. The summed E-state index contributed by atoms with van der Waals surface area (Å²) in [6.07, 6.45) is 0. The van der Waals surface area contributed by atoms with Gasteiger partial charge in [0.05, 0.1) is 22.8 Å². The molecule has 0 aromatic heterocycles. The van der Waals surface area contributed by atoms with E-state index >= 15 is 0 Å². The van der Waals surface area contributed by atoms with Crippen LogP contribution in [0.4, 0.5) is 0 Å². The molecule has 132 valence electrons. The first-order valence-electron chi connectivity index (χ1n) is 7.89. The molecule has 0 heterocycles. The first-order valence-corrected chi connectivity index (χ1v) is 7.89. The van der Waals surface area contributed by atoms with Crippen LogP contribution in [0.2, 0.25) is 0 Å². The van der Waals surface area contributed by atoms with E-state index in [4.69, 9.17) is 14.7 Å². The van der Waals surface area contributed by atoms with Gasteiger partial charge in [0.25, 0.3) is 0 Å². The van der Waals surface area contributed by atoms with E-state index in [1.807, 2.05) is 6.07 Å². The molecule has 0 saturated heterocycles. The van der Waals surface area contributed by atoms with E-state index in [9.17, 15) is 14.7 Å². The standard InChI is InChI=1S/C21H13NO5/c22-13-14-1-9-18(10-2-14)26-21(25)16-5-11-19(12-6-16)27-20(24)15-3-7-17(23)8-4-15/h1-12,23H. The SMILES string of the molecule is N#Cc1ccc(OC(=O)c2ccc(OC(=O)c3ccc(O)cc3)cc2)cc1. The Hall–Kier alpha value is -4.11. The summed E-state index contributed by atoms with van der Waals surface area (Å²) in [6.45, 7) is 0. The molecule has 0 aliphatic rings. The lowest BCUT2D eigenvalue weighted by Crippen LogP contribution is -2.10. The maximum atomic E-state index is 12.1. The summed E-state index contributed by atoms with van der Waals surface area (Å²) in [6, 6.07) is 19.7. The molecule has 0 atom stereocenters. The summed E-state index contributed by atoms with van der Waals surface area (Å²) in [5.74, 6) is -0.513. The van der Waals surface area contributed by atoms with Crippen molar-refractivity contribution in [3.05, 3.63) is 89.5 Å². The van der Waals surface area contributed by atoms with E-state index in [-0.39, 0.29) is 22.6 Å². The number of carbonyl (C=O) groups excluding carboxylic acids is 2. The second-order valence-electron chi connectivity index (χ2n) is 5.49. The number of phenols is 1. The molecule has 0 fully saturated rings. The predicted octanol–water partition coefficient (Wildman–Crippen LogP) is 3.70. The molecule has 0 unspecified atom stereocenters. The number of aromatic hydroxyl groups is 1. The van der Waals surface area contributed by atoms with Gasteiger partial charge in [0, 0.05) is 0 Å². The van der Waals surface area contributed by atoms with Crippen LogP contribution in [0.15, 0.2) is 72.8 Å². The molecule has 6 heteroatoms. The Morgan fingerprint density at radius 1 is 0.704 bits per heavy atom. The second kappa shape index (κ2) is 7.85. The van der Waals surface area contributed by atoms with Crippen LogP contribution < -0.4 is 9.47 Å². The van der Waals surface area contributed by atoms with E-state index < -0.39 is 11.9 Å². The number of esters is 2. The summed E-state index contributed by atoms with van der Waals surface area (Å²) < 4.78 is 10.4. The molecule has 0 radical (unpaired) electrons. The van der Waals surface area contributed by atoms with Crippen LogP contribution in [-0.2, 0) is 0 Å². The van der Waals surface area contributed by atoms with Gasteiger partial charge in [0.15, 0.2) is 0 Å². The Morgan fingerprint density at radius 3 is 1.56 bits per heavy atom. The predicted molar refractivity (Wildman–Crippen MR) is 95.6 cm³/mol. The number of nitriles is 1. The van der Waals surface area contributed by atoms with Gasteiger partial charge in [-0.1, -0.05) is 0 Å². The van der Waals surface area contributed by atoms with Gasteiger partial charge in [-0.05, 0) is 72.8 Å². The number of phenolic OH excluding ortho intramolecular Hbond substituents is 1. The molecule has 0 saturated carbocycles. The van der Waals surface area contributed by atoms with E-state index in [1.165, 1.54) is 60.7 Å². The topological polar surface area (TPSA) is 96.6 Å². The first-order chi connectivity index (χ1) is 13.0. The van der Waals surface area contributed by atoms with Crippen molar-refractivity contribution >= 4 is 11.9 Å². The van der Waals surface area contributed by atoms with E-state index in [0.717, 1.165) is 0 Å². The van der Waals surface area contributed by atoms with Gasteiger partial charge in [0.2, 0.25) is 0 Å². The van der Waals surface area contributed by atoms with Gasteiger partial charge in [-0.3, -0.25) is 0 Å². The fourth-order valence-electron chi connectivity index (χ4n) is 2.19. The van der Waals surface area contributed by atoms with Crippen molar-refractivity contribution in [3.8, 4) is 23.3 Å². The third-order valence-corrected chi connectivity index (χ3v) is 3.60. The van der Waals surface area contributed by atoms with Crippen molar-refractivity contribution in [1.29, 1.82) is 5.26 Å². The summed E-state index contributed by atoms with van der Waals surface area (Å²) >= 11 is 0. The van der Waals surface area contributed by atoms with Gasteiger partial charge in [-0.25, -0.2) is 9.59 Å². The molecule has 3 rings (SSSR count). The minimum Gasteiger partial charge on any atom is -0.508 e. The summed E-state index contributed by atoms with van der Waals surface area (Å²) in [4.78, 5) is 24.2. The van der Waals surface area contributed by atoms with Crippen molar-refractivity contribution in [3.63, 3.8) is 0 Å². The fourth-order valence-corrected chi connectivity index (χ4v) is 2.19. The summed E-state index contributed by atoms with van der Waals surface area (Å²) in [7, 11) is 0. The third kappa shape index (κ3) is 4.50. The molecular weight excluding hydrogens is 346 g/mol. The lowest BCUT2D eigenvalue weighted by Gasteiger charge is -2.07. The Labute approximate surface area is 154 Å². The van der Waals surface area contributed by atoms with E-state index in [1.54, 1.807) is 12.1 Å². The van der Waals surface area contributed by atoms with Crippen LogP contribution in [0.1, 0.15) is 26.3 Å². The summed E-state index contributed by atoms with van der Waals surface area (Å²) in [5, 5.41) is 18.0. The van der Waals surface area contributed by atoms with Crippen molar-refractivity contribution in [2.24, 2.45) is 0 Å². The number of rotatable bonds is 4. The zero-order chi connectivity index (χ0) is 19.2. The highest BCUT2D eigenvalue weighted by atomic mass is 16.5. The van der Waals surface area contributed by atoms with Gasteiger partial charge < -0.3 is 14.6 Å². The van der Waals surface area contributed by atoms with Gasteiger partial charge in [-0.2, -0.15) is 5.26 Å². The molecule has 0 aliphatic heterocycles. The normalized spacial score (nSPS) is 9.89. The average molecular weight is 359 g/mol. The molecule has 0 amide bonds. The zero-order valence-corrected chi connectivity index (χ0v) is 14.0. The van der Waals surface area contributed by atoms with Crippen LogP contribution in [0.3, 0.4) is 0 Å². The molecule has 0 aliphatic carbocycles. The molecular formula is C21H13NO5. The number of benzene rings is 3. The Morgan fingerprint density at radius 2 is 1.11 bits per heavy atom. The maximum absolute atomic E-state index is 12.1. The quantitative estimate of drug-likeness (QED) is 0.563. The molecule has 1 N–H and O–H groups in total. The molecule has 3 aromatic carbocycles. The van der Waals surface area contributed by atoms with Gasteiger partial charge in [-0.15, -0.1) is 0 Å². The van der Waals surface area contributed by atoms with Gasteiger partial charge >= 0.3 is 11.9 Å². The maximum Gasteiger partial charge on any atom is 0.343 e. The lowest BCUT2D eigenvalue weighted by molar-refractivity contribution is 0.0730. The smallest absolute Gasteiger partial charge is 0.343 e. The highest BCUT2D eigenvalue weighted by molar-refractivity contribution is 5.92. The molecule has 0 bridgehead atoms. The highest BCUT2D eigenvalue weighted by Gasteiger charge is 2.11. The number of hydrogen-bond donors (Lipinski definition) is 1. The molecule has 27 heavy (non-hydrogen) atoms. The number of carbonyl (C=O) groups is 2. The van der Waals surface area contributed by atoms with Crippen molar-refractivity contribution in [2.75, 3.05) is 0 Å². The highest BCUT2D eigenvalue weighted by Crippen LogP contribution is 2.18. The monoisotopic (exact) mass is 359 g/mol. The van der Waals surface area contributed by atoms with Crippen LogP contribution in [0, 0.1) is 11.3 Å².